The maximum Gasteiger partial charge on any atom is 0.559 e. The normalized spacial score (nSPS) is 17.6. The van der Waals surface area contributed by atoms with Crippen LogP contribution >= 0.6 is 12.2 Å². The fourth-order valence-corrected chi connectivity index (χ4v) is 0.533. The van der Waals surface area contributed by atoms with Gasteiger partial charge in [-0.25, -0.2) is 0 Å². The van der Waals surface area contributed by atoms with Gasteiger partial charge < -0.3 is 10.7 Å². The van der Waals surface area contributed by atoms with E-state index in [0.29, 0.717) is 0 Å². The molecule has 1 aliphatic heterocycles. The number of hydrogen-bond acceptors (Lipinski definition) is 6. The summed E-state index contributed by atoms with van der Waals surface area (Å²) < 4.78 is 0. The number of nitrogens with two attached hydrogens (primary N) is 1. The standard InChI is InChI=1S/C3H4N4O3S/c4-5-1-7-2(11)6-9-3(8)10-7/h1H,4H2,(H,6,11)/b5-1+. The van der Waals surface area contributed by atoms with Gasteiger partial charge in [0.05, 0.1) is 0 Å². The molecule has 3 N–H and O–H groups in total. The van der Waals surface area contributed by atoms with Gasteiger partial charge in [-0.1, -0.05) is 0 Å². The Morgan fingerprint density at radius 2 is 2.55 bits per heavy atom. The summed E-state index contributed by atoms with van der Waals surface area (Å²) in [6.45, 7) is 0. The molecule has 0 bridgehead atoms. The van der Waals surface area contributed by atoms with Crippen molar-refractivity contribution in [1.82, 2.24) is 10.5 Å². The number of hydroxylamine groups is 3. The van der Waals surface area contributed by atoms with Gasteiger partial charge in [0.1, 0.15) is 0 Å². The van der Waals surface area contributed by atoms with Crippen LogP contribution in [0, 0.1) is 0 Å². The summed E-state index contributed by atoms with van der Waals surface area (Å²) in [7, 11) is 0. The second-order valence-electron chi connectivity index (χ2n) is 1.44. The lowest BCUT2D eigenvalue weighted by molar-refractivity contribution is -0.0740. The molecule has 0 spiro atoms. The third kappa shape index (κ3) is 1.67. The lowest BCUT2D eigenvalue weighted by Gasteiger charge is -2.22. The van der Waals surface area contributed by atoms with E-state index in [1.54, 1.807) is 0 Å². The van der Waals surface area contributed by atoms with Crippen LogP contribution in [0.5, 0.6) is 0 Å². The minimum Gasteiger partial charge on any atom is -0.322 e. The lowest BCUT2D eigenvalue weighted by Crippen LogP contribution is -2.47. The summed E-state index contributed by atoms with van der Waals surface area (Å²) in [6.07, 6.45) is 0.0916. The van der Waals surface area contributed by atoms with Crippen molar-refractivity contribution in [3.05, 3.63) is 0 Å². The third-order valence-electron chi connectivity index (χ3n) is 0.766. The van der Waals surface area contributed by atoms with Crippen molar-refractivity contribution >= 4 is 29.8 Å². The van der Waals surface area contributed by atoms with Crippen LogP contribution in [0.2, 0.25) is 0 Å². The molecule has 0 aromatic carbocycles. The molecule has 0 atom stereocenters. The van der Waals surface area contributed by atoms with Gasteiger partial charge in [0.15, 0.2) is 6.34 Å². The number of thiocarbonyl (C=S) groups is 1. The van der Waals surface area contributed by atoms with E-state index in [4.69, 9.17) is 5.84 Å². The predicted octanol–water partition coefficient (Wildman–Crippen LogP) is -0.938. The molecule has 8 heteroatoms. The summed E-state index contributed by atoms with van der Waals surface area (Å²) in [4.78, 5) is 18.9. The quantitative estimate of drug-likeness (QED) is 0.175. The van der Waals surface area contributed by atoms with E-state index in [-0.39, 0.29) is 5.11 Å². The number of nitrogens with zero attached hydrogens (tertiary/aromatic N) is 2. The lowest BCUT2D eigenvalue weighted by atomic mass is 11.0. The topological polar surface area (TPSA) is 89.2 Å². The molecular formula is C3H4N4O3S. The molecule has 11 heavy (non-hydrogen) atoms. The van der Waals surface area contributed by atoms with Crippen LogP contribution in [0.1, 0.15) is 0 Å². The fraction of sp³-hybridized carbons (Fsp3) is 0. The van der Waals surface area contributed by atoms with Gasteiger partial charge >= 0.3 is 6.16 Å². The maximum absolute atomic E-state index is 10.4. The number of carbonyl (C=O) groups excluding carboxylic acids is 1. The van der Waals surface area contributed by atoms with Crippen molar-refractivity contribution in [2.75, 3.05) is 0 Å². The Bertz CT molecular complexity index is 217. The van der Waals surface area contributed by atoms with E-state index in [0.717, 1.165) is 11.4 Å². The van der Waals surface area contributed by atoms with Crippen LogP contribution < -0.4 is 11.3 Å². The molecule has 7 nitrogen and oxygen atoms in total. The second kappa shape index (κ2) is 3.01. The Hall–Kier alpha value is -1.57. The number of carbonyl (C=O) groups is 1. The number of nitrogens with one attached hydrogen (secondary N) is 1. The van der Waals surface area contributed by atoms with E-state index in [1.165, 1.54) is 0 Å². The highest BCUT2D eigenvalue weighted by atomic mass is 32.1. The molecule has 0 radical (unpaired) electrons. The molecule has 60 valence electrons. The van der Waals surface area contributed by atoms with E-state index < -0.39 is 6.16 Å². The molecule has 0 aliphatic carbocycles. The molecular weight excluding hydrogens is 172 g/mol. The molecule has 1 saturated heterocycles. The number of rotatable bonds is 1. The Morgan fingerprint density at radius 3 is 3.18 bits per heavy atom. The molecule has 1 aliphatic rings. The van der Waals surface area contributed by atoms with Crippen molar-refractivity contribution in [2.24, 2.45) is 10.9 Å². The number of hydrazone groups is 1. The third-order valence-corrected chi connectivity index (χ3v) is 1.03. The molecule has 0 saturated carbocycles. The van der Waals surface area contributed by atoms with Crippen LogP contribution in [0.4, 0.5) is 4.79 Å². The Kier molecular flexibility index (Phi) is 2.06. The van der Waals surface area contributed by atoms with Gasteiger partial charge in [0.2, 0.25) is 5.11 Å². The first kappa shape index (κ1) is 7.54. The summed E-state index contributed by atoms with van der Waals surface area (Å²) in [5, 5.41) is 3.99. The summed E-state index contributed by atoms with van der Waals surface area (Å²) in [5.74, 6) is 4.78. The zero-order valence-electron chi connectivity index (χ0n) is 5.18. The molecule has 1 rings (SSSR count). The maximum atomic E-state index is 10.4. The van der Waals surface area contributed by atoms with Crippen LogP contribution in [-0.2, 0) is 9.68 Å². The highest BCUT2D eigenvalue weighted by Crippen LogP contribution is 1.97. The van der Waals surface area contributed by atoms with Crippen molar-refractivity contribution in [2.45, 2.75) is 0 Å². The van der Waals surface area contributed by atoms with E-state index >= 15 is 0 Å². The van der Waals surface area contributed by atoms with E-state index in [9.17, 15) is 4.79 Å². The summed E-state index contributed by atoms with van der Waals surface area (Å²) in [5.41, 5.74) is 2.10. The molecule has 0 unspecified atom stereocenters. The zero-order valence-corrected chi connectivity index (χ0v) is 6.00. The van der Waals surface area contributed by atoms with E-state index in [1.807, 2.05) is 0 Å². The smallest absolute Gasteiger partial charge is 0.322 e. The van der Waals surface area contributed by atoms with Gasteiger partial charge in [-0.15, -0.1) is 5.06 Å². The van der Waals surface area contributed by atoms with Gasteiger partial charge in [0.25, 0.3) is 0 Å². The summed E-state index contributed by atoms with van der Waals surface area (Å²) in [6, 6.07) is 0. The average Bonchev–Trinajstić information content (AvgIpc) is 1.98. The minimum atomic E-state index is -0.932. The first-order valence-corrected chi connectivity index (χ1v) is 2.86. The van der Waals surface area contributed by atoms with Crippen molar-refractivity contribution in [3.8, 4) is 0 Å². The Balaban J connectivity index is 2.61. The number of hydrogen-bond donors (Lipinski definition) is 2. The van der Waals surface area contributed by atoms with Crippen molar-refractivity contribution < 1.29 is 14.5 Å². The monoisotopic (exact) mass is 176 g/mol. The molecule has 1 fully saturated rings. The first-order valence-electron chi connectivity index (χ1n) is 2.45. The molecule has 0 aromatic rings. The predicted molar refractivity (Wildman–Crippen MR) is 37.8 cm³/mol. The molecule has 1 heterocycles. The summed E-state index contributed by atoms with van der Waals surface area (Å²) >= 11 is 4.61. The van der Waals surface area contributed by atoms with Crippen LogP contribution in [0.15, 0.2) is 5.10 Å². The fourth-order valence-electron chi connectivity index (χ4n) is 0.407. The van der Waals surface area contributed by atoms with Gasteiger partial charge in [-0.05, 0) is 12.2 Å². The van der Waals surface area contributed by atoms with Crippen LogP contribution in [-0.4, -0.2) is 22.7 Å². The SMILES string of the molecule is N/N=C/N1OC(=O)ONC1=S. The second-order valence-corrected chi connectivity index (χ2v) is 1.83. The van der Waals surface area contributed by atoms with Gasteiger partial charge in [-0.2, -0.15) is 15.4 Å². The Labute approximate surface area is 66.6 Å². The highest BCUT2D eigenvalue weighted by molar-refractivity contribution is 7.80. The van der Waals surface area contributed by atoms with Gasteiger partial charge in [-0.3, -0.25) is 4.84 Å². The first-order chi connectivity index (χ1) is 5.24. The van der Waals surface area contributed by atoms with Crippen LogP contribution in [0.3, 0.4) is 0 Å². The minimum absolute atomic E-state index is 0.0406. The zero-order chi connectivity index (χ0) is 8.27. The average molecular weight is 176 g/mol. The highest BCUT2D eigenvalue weighted by Gasteiger charge is 2.22. The molecule has 0 aromatic heterocycles. The Morgan fingerprint density at radius 1 is 1.82 bits per heavy atom. The van der Waals surface area contributed by atoms with Crippen molar-refractivity contribution in [3.63, 3.8) is 0 Å². The molecule has 0 amide bonds. The largest absolute Gasteiger partial charge is 0.559 e. The van der Waals surface area contributed by atoms with Gasteiger partial charge in [0, 0.05) is 0 Å². The van der Waals surface area contributed by atoms with Crippen molar-refractivity contribution in [1.29, 1.82) is 0 Å². The van der Waals surface area contributed by atoms with E-state index in [2.05, 4.69) is 32.5 Å². The van der Waals surface area contributed by atoms with Crippen LogP contribution in [0.25, 0.3) is 0 Å².